The predicted octanol–water partition coefficient (Wildman–Crippen LogP) is 3.16. The molecule has 28 heavy (non-hydrogen) atoms. The van der Waals surface area contributed by atoms with Crippen LogP contribution in [0.4, 0.5) is 4.39 Å². The molecule has 1 amide bonds. The maximum Gasteiger partial charge on any atom is 0.253 e. The van der Waals surface area contributed by atoms with E-state index < -0.39 is 0 Å². The molecule has 5 nitrogen and oxygen atoms in total. The molecule has 0 fully saturated rings. The largest absolute Gasteiger partial charge is 0.356 e. The van der Waals surface area contributed by atoms with Crippen molar-refractivity contribution in [3.8, 4) is 22.5 Å². The summed E-state index contributed by atoms with van der Waals surface area (Å²) in [5.74, 6) is -0.293. The number of fused-ring (bicyclic) bond motifs is 5. The molecule has 0 unspecified atom stereocenters. The molecule has 0 saturated carbocycles. The fourth-order valence-corrected chi connectivity index (χ4v) is 4.26. The molecule has 6 heteroatoms. The number of aromatic nitrogens is 2. The van der Waals surface area contributed by atoms with E-state index in [2.05, 4.69) is 27.2 Å². The van der Waals surface area contributed by atoms with E-state index in [0.717, 1.165) is 53.0 Å². The number of amides is 1. The van der Waals surface area contributed by atoms with Gasteiger partial charge in [-0.25, -0.2) is 4.39 Å². The first-order chi connectivity index (χ1) is 13.6. The number of nitrogens with zero attached hydrogens (tertiary/aromatic N) is 2. The number of carbonyl (C=O) groups excluding carboxylic acids is 1. The van der Waals surface area contributed by atoms with Gasteiger partial charge < -0.3 is 10.3 Å². The Hall–Kier alpha value is -2.99. The lowest BCUT2D eigenvalue weighted by Gasteiger charge is -2.21. The standard InChI is InChI=1S/C22H21FN4O/c1-27-9-8-24-22(28)20-15-7-6-13-11-25-18(14-4-2-3-5-17(14)23)10-16(13)21(15)26-19(20)12-27/h2-5,10-11,26H,6-9,12H2,1H3,(H,24,28). The van der Waals surface area contributed by atoms with Gasteiger partial charge in [0.25, 0.3) is 5.91 Å². The number of carbonyl (C=O) groups is 1. The van der Waals surface area contributed by atoms with Crippen molar-refractivity contribution in [1.29, 1.82) is 0 Å². The van der Waals surface area contributed by atoms with Crippen molar-refractivity contribution in [2.75, 3.05) is 20.1 Å². The molecule has 0 radical (unpaired) electrons. The second-order valence-corrected chi connectivity index (χ2v) is 7.53. The Kier molecular flexibility index (Phi) is 4.02. The van der Waals surface area contributed by atoms with Gasteiger partial charge in [0.15, 0.2) is 0 Å². The Morgan fingerprint density at radius 2 is 2.04 bits per heavy atom. The minimum atomic E-state index is -0.286. The molecule has 1 aliphatic heterocycles. The van der Waals surface area contributed by atoms with Gasteiger partial charge in [-0.2, -0.15) is 0 Å². The molecule has 0 spiro atoms. The molecule has 142 valence electrons. The molecule has 3 heterocycles. The zero-order valence-corrected chi connectivity index (χ0v) is 15.7. The second kappa shape index (κ2) is 6.56. The molecular formula is C22H21FN4O. The van der Waals surface area contributed by atoms with Crippen molar-refractivity contribution in [1.82, 2.24) is 20.2 Å². The third-order valence-corrected chi connectivity index (χ3v) is 5.67. The first-order valence-corrected chi connectivity index (χ1v) is 9.56. The summed E-state index contributed by atoms with van der Waals surface area (Å²) in [4.78, 5) is 22.9. The zero-order valence-electron chi connectivity index (χ0n) is 15.7. The van der Waals surface area contributed by atoms with Gasteiger partial charge in [0.2, 0.25) is 0 Å². The number of aryl methyl sites for hydroxylation is 1. The van der Waals surface area contributed by atoms with E-state index in [-0.39, 0.29) is 11.7 Å². The SMILES string of the molecule is CN1CCNC(=O)c2c([nH]c3c2CCc2cnc(-c4ccccc4F)cc2-3)C1. The van der Waals surface area contributed by atoms with Crippen LogP contribution in [0, 0.1) is 5.82 Å². The van der Waals surface area contributed by atoms with E-state index in [1.807, 2.05) is 18.3 Å². The zero-order chi connectivity index (χ0) is 19.3. The molecular weight excluding hydrogens is 355 g/mol. The Balaban J connectivity index is 1.67. The first-order valence-electron chi connectivity index (χ1n) is 9.56. The van der Waals surface area contributed by atoms with Crippen LogP contribution in [0.1, 0.15) is 27.2 Å². The third-order valence-electron chi connectivity index (χ3n) is 5.67. The monoisotopic (exact) mass is 376 g/mol. The first kappa shape index (κ1) is 17.1. The van der Waals surface area contributed by atoms with Gasteiger partial charge in [0, 0.05) is 42.7 Å². The summed E-state index contributed by atoms with van der Waals surface area (Å²) < 4.78 is 14.3. The quantitative estimate of drug-likeness (QED) is 0.686. The van der Waals surface area contributed by atoms with Crippen molar-refractivity contribution in [2.45, 2.75) is 19.4 Å². The molecule has 1 aromatic carbocycles. The van der Waals surface area contributed by atoms with E-state index in [9.17, 15) is 9.18 Å². The minimum Gasteiger partial charge on any atom is -0.356 e. The van der Waals surface area contributed by atoms with Crippen molar-refractivity contribution >= 4 is 5.91 Å². The van der Waals surface area contributed by atoms with Gasteiger partial charge in [-0.05, 0) is 49.2 Å². The highest BCUT2D eigenvalue weighted by Gasteiger charge is 2.29. The molecule has 0 bridgehead atoms. The number of pyridine rings is 1. The van der Waals surface area contributed by atoms with Gasteiger partial charge in [-0.1, -0.05) is 12.1 Å². The number of likely N-dealkylation sites (N-methyl/N-ethyl adjacent to an activating group) is 1. The Morgan fingerprint density at radius 1 is 1.18 bits per heavy atom. The van der Waals surface area contributed by atoms with Gasteiger partial charge in [0.1, 0.15) is 5.82 Å². The molecule has 2 aromatic heterocycles. The van der Waals surface area contributed by atoms with Crippen LogP contribution in [-0.2, 0) is 19.4 Å². The summed E-state index contributed by atoms with van der Waals surface area (Å²) in [6, 6.07) is 8.62. The number of H-pyrrole nitrogens is 1. The predicted molar refractivity (Wildman–Crippen MR) is 105 cm³/mol. The third kappa shape index (κ3) is 2.72. The topological polar surface area (TPSA) is 61.0 Å². The molecule has 2 N–H and O–H groups in total. The highest BCUT2D eigenvalue weighted by Crippen LogP contribution is 2.38. The highest BCUT2D eigenvalue weighted by atomic mass is 19.1. The summed E-state index contributed by atoms with van der Waals surface area (Å²) in [5.41, 5.74) is 6.97. The Bertz CT molecular complexity index is 1090. The lowest BCUT2D eigenvalue weighted by atomic mass is 9.88. The van der Waals surface area contributed by atoms with Crippen LogP contribution < -0.4 is 5.32 Å². The average Bonchev–Trinajstić information content (AvgIpc) is 3.04. The van der Waals surface area contributed by atoms with Crippen molar-refractivity contribution in [3.05, 3.63) is 64.7 Å². The van der Waals surface area contributed by atoms with Crippen molar-refractivity contribution in [3.63, 3.8) is 0 Å². The second-order valence-electron chi connectivity index (χ2n) is 7.53. The number of hydrogen-bond donors (Lipinski definition) is 2. The normalized spacial score (nSPS) is 16.4. The maximum atomic E-state index is 14.3. The number of aromatic amines is 1. The molecule has 2 aliphatic rings. The van der Waals surface area contributed by atoms with Crippen LogP contribution in [-0.4, -0.2) is 40.9 Å². The Labute approximate surface area is 162 Å². The van der Waals surface area contributed by atoms with E-state index in [1.54, 1.807) is 12.1 Å². The number of benzene rings is 1. The van der Waals surface area contributed by atoms with Gasteiger partial charge in [0.05, 0.1) is 17.0 Å². The lowest BCUT2D eigenvalue weighted by molar-refractivity contribution is 0.0941. The van der Waals surface area contributed by atoms with E-state index >= 15 is 0 Å². The number of hydrogen-bond acceptors (Lipinski definition) is 3. The molecule has 5 rings (SSSR count). The van der Waals surface area contributed by atoms with Gasteiger partial charge >= 0.3 is 0 Å². The summed E-state index contributed by atoms with van der Waals surface area (Å²) in [7, 11) is 2.05. The van der Waals surface area contributed by atoms with Crippen LogP contribution in [0.15, 0.2) is 36.5 Å². The summed E-state index contributed by atoms with van der Waals surface area (Å²) in [6.07, 6.45) is 3.46. The maximum absolute atomic E-state index is 14.3. The minimum absolute atomic E-state index is 0.00701. The van der Waals surface area contributed by atoms with E-state index in [1.165, 1.54) is 6.07 Å². The summed E-state index contributed by atoms with van der Waals surface area (Å²) in [5, 5.41) is 3.01. The summed E-state index contributed by atoms with van der Waals surface area (Å²) in [6.45, 7) is 2.16. The number of halogens is 1. The van der Waals surface area contributed by atoms with E-state index in [0.29, 0.717) is 24.3 Å². The number of nitrogens with one attached hydrogen (secondary N) is 2. The fraction of sp³-hybridized carbons (Fsp3) is 0.273. The van der Waals surface area contributed by atoms with Crippen molar-refractivity contribution in [2.24, 2.45) is 0 Å². The smallest absolute Gasteiger partial charge is 0.253 e. The van der Waals surface area contributed by atoms with Crippen LogP contribution in [0.3, 0.4) is 0 Å². The van der Waals surface area contributed by atoms with Gasteiger partial charge in [-0.15, -0.1) is 0 Å². The van der Waals surface area contributed by atoms with E-state index in [4.69, 9.17) is 0 Å². The molecule has 0 saturated heterocycles. The molecule has 1 aliphatic carbocycles. The highest BCUT2D eigenvalue weighted by molar-refractivity contribution is 5.99. The molecule has 0 atom stereocenters. The van der Waals surface area contributed by atoms with Crippen LogP contribution >= 0.6 is 0 Å². The van der Waals surface area contributed by atoms with Crippen molar-refractivity contribution < 1.29 is 9.18 Å². The average molecular weight is 376 g/mol. The van der Waals surface area contributed by atoms with Crippen LogP contribution in [0.2, 0.25) is 0 Å². The van der Waals surface area contributed by atoms with Gasteiger partial charge in [-0.3, -0.25) is 14.7 Å². The molecule has 3 aromatic rings. The fourth-order valence-electron chi connectivity index (χ4n) is 4.26. The van der Waals surface area contributed by atoms with Crippen LogP contribution in [0.25, 0.3) is 22.5 Å². The number of rotatable bonds is 1. The Morgan fingerprint density at radius 3 is 2.89 bits per heavy atom. The summed E-state index contributed by atoms with van der Waals surface area (Å²) >= 11 is 0. The lowest BCUT2D eigenvalue weighted by Crippen LogP contribution is -2.36. The van der Waals surface area contributed by atoms with Crippen LogP contribution in [0.5, 0.6) is 0 Å².